The molecule has 2 aliphatic rings. The molecule has 6 nitrogen and oxygen atoms in total. The summed E-state index contributed by atoms with van der Waals surface area (Å²) >= 11 is 1.40. The first-order valence-electron chi connectivity index (χ1n) is 14.0. The number of rotatable bonds is 7. The fourth-order valence-electron chi connectivity index (χ4n) is 6.18. The number of nitrogens with zero attached hydrogens (tertiary/aromatic N) is 3. The van der Waals surface area contributed by atoms with Gasteiger partial charge in [0.2, 0.25) is 5.91 Å². The van der Waals surface area contributed by atoms with E-state index in [1.165, 1.54) is 22.7 Å². The highest BCUT2D eigenvalue weighted by Gasteiger charge is 2.32. The van der Waals surface area contributed by atoms with Crippen molar-refractivity contribution in [2.45, 2.75) is 77.2 Å². The SMILES string of the molecule is COc1ccc(C2CCC(CN(C(=O)C3CCC(O)CC3)c3cccc(-c4nc(C)ns4)c3)CC2)cc1C. The highest BCUT2D eigenvalue weighted by molar-refractivity contribution is 7.09. The lowest BCUT2D eigenvalue weighted by molar-refractivity contribution is -0.124. The number of carbonyl (C=O) groups excluding carboxylic acids is 1. The normalized spacial score (nSPS) is 23.7. The summed E-state index contributed by atoms with van der Waals surface area (Å²) in [7, 11) is 1.72. The average Bonchev–Trinajstić information content (AvgIpc) is 3.38. The number of aliphatic hydroxyl groups is 1. The van der Waals surface area contributed by atoms with E-state index in [0.717, 1.165) is 72.9 Å². The van der Waals surface area contributed by atoms with Crippen LogP contribution >= 0.6 is 11.5 Å². The second kappa shape index (κ2) is 12.0. The van der Waals surface area contributed by atoms with E-state index in [-0.39, 0.29) is 17.9 Å². The molecule has 2 fully saturated rings. The zero-order chi connectivity index (χ0) is 26.6. The van der Waals surface area contributed by atoms with Gasteiger partial charge in [-0.25, -0.2) is 4.98 Å². The first-order chi connectivity index (χ1) is 18.4. The molecule has 3 aromatic rings. The van der Waals surface area contributed by atoms with Crippen LogP contribution in [-0.4, -0.2) is 40.1 Å². The molecule has 0 radical (unpaired) electrons. The summed E-state index contributed by atoms with van der Waals surface area (Å²) in [4.78, 5) is 20.5. The maximum atomic E-state index is 13.9. The minimum absolute atomic E-state index is 0.0237. The molecule has 2 aromatic carbocycles. The number of hydrogen-bond acceptors (Lipinski definition) is 6. The largest absolute Gasteiger partial charge is 0.496 e. The summed E-state index contributed by atoms with van der Waals surface area (Å²) in [6, 6.07) is 14.8. The van der Waals surface area contributed by atoms with Gasteiger partial charge in [0.1, 0.15) is 16.6 Å². The van der Waals surface area contributed by atoms with Gasteiger partial charge in [-0.1, -0.05) is 24.3 Å². The van der Waals surface area contributed by atoms with Crippen LogP contribution in [0.25, 0.3) is 10.6 Å². The van der Waals surface area contributed by atoms with Crippen molar-refractivity contribution < 1.29 is 14.6 Å². The van der Waals surface area contributed by atoms with E-state index >= 15 is 0 Å². The number of aromatic nitrogens is 2. The fourth-order valence-corrected chi connectivity index (χ4v) is 6.84. The van der Waals surface area contributed by atoms with Crippen molar-refractivity contribution in [2.75, 3.05) is 18.6 Å². The highest BCUT2D eigenvalue weighted by Crippen LogP contribution is 2.39. The number of aryl methyl sites for hydroxylation is 2. The molecule has 202 valence electrons. The summed E-state index contributed by atoms with van der Waals surface area (Å²) in [6.45, 7) is 4.75. The van der Waals surface area contributed by atoms with Crippen LogP contribution in [0.5, 0.6) is 5.75 Å². The molecule has 1 heterocycles. The van der Waals surface area contributed by atoms with Crippen LogP contribution in [0.4, 0.5) is 5.69 Å². The summed E-state index contributed by atoms with van der Waals surface area (Å²) < 4.78 is 9.79. The number of hydrogen-bond donors (Lipinski definition) is 1. The molecule has 1 N–H and O–H groups in total. The number of amides is 1. The van der Waals surface area contributed by atoms with Gasteiger partial charge in [0.15, 0.2) is 0 Å². The third-order valence-electron chi connectivity index (χ3n) is 8.42. The molecular weight excluding hydrogens is 494 g/mol. The number of anilines is 1. The third kappa shape index (κ3) is 6.10. The molecule has 0 unspecified atom stereocenters. The van der Waals surface area contributed by atoms with Crippen molar-refractivity contribution in [3.63, 3.8) is 0 Å². The van der Waals surface area contributed by atoms with Gasteiger partial charge >= 0.3 is 0 Å². The quantitative estimate of drug-likeness (QED) is 0.366. The zero-order valence-electron chi connectivity index (χ0n) is 22.7. The zero-order valence-corrected chi connectivity index (χ0v) is 23.5. The van der Waals surface area contributed by atoms with E-state index in [2.05, 4.69) is 46.6 Å². The van der Waals surface area contributed by atoms with Crippen LogP contribution in [0.2, 0.25) is 0 Å². The average molecular weight is 534 g/mol. The van der Waals surface area contributed by atoms with Crippen molar-refractivity contribution in [3.05, 3.63) is 59.4 Å². The van der Waals surface area contributed by atoms with Crippen LogP contribution in [0.1, 0.15) is 74.2 Å². The molecule has 2 aliphatic carbocycles. The van der Waals surface area contributed by atoms with Crippen LogP contribution in [-0.2, 0) is 4.79 Å². The van der Waals surface area contributed by atoms with Crippen molar-refractivity contribution >= 4 is 23.1 Å². The van der Waals surface area contributed by atoms with Crippen LogP contribution in [0.15, 0.2) is 42.5 Å². The van der Waals surface area contributed by atoms with Gasteiger partial charge in [-0.05, 0) is 118 Å². The maximum absolute atomic E-state index is 13.9. The lowest BCUT2D eigenvalue weighted by Crippen LogP contribution is -2.41. The molecule has 0 atom stereocenters. The van der Waals surface area contributed by atoms with E-state index in [9.17, 15) is 9.90 Å². The van der Waals surface area contributed by atoms with Crippen molar-refractivity contribution in [2.24, 2.45) is 11.8 Å². The number of carbonyl (C=O) groups is 1. The Labute approximate surface area is 230 Å². The Morgan fingerprint density at radius 2 is 1.79 bits per heavy atom. The smallest absolute Gasteiger partial charge is 0.230 e. The summed E-state index contributed by atoms with van der Waals surface area (Å²) in [5.41, 5.74) is 4.53. The molecule has 0 spiro atoms. The Hall–Kier alpha value is -2.77. The molecule has 0 saturated heterocycles. The summed E-state index contributed by atoms with van der Waals surface area (Å²) in [6.07, 6.45) is 7.16. The maximum Gasteiger partial charge on any atom is 0.230 e. The van der Waals surface area contributed by atoms with E-state index in [1.54, 1.807) is 7.11 Å². The first kappa shape index (κ1) is 26.8. The number of benzene rings is 2. The summed E-state index contributed by atoms with van der Waals surface area (Å²) in [5.74, 6) is 2.92. The first-order valence-corrected chi connectivity index (χ1v) is 14.7. The topological polar surface area (TPSA) is 75.5 Å². The van der Waals surface area contributed by atoms with Gasteiger partial charge in [-0.2, -0.15) is 4.37 Å². The molecule has 2 saturated carbocycles. The number of methoxy groups -OCH3 is 1. The Bertz CT molecular complexity index is 1240. The molecule has 38 heavy (non-hydrogen) atoms. The summed E-state index contributed by atoms with van der Waals surface area (Å²) in [5, 5.41) is 10.9. The molecule has 0 bridgehead atoms. The van der Waals surface area contributed by atoms with Gasteiger partial charge < -0.3 is 14.7 Å². The van der Waals surface area contributed by atoms with Crippen LogP contribution in [0, 0.1) is 25.7 Å². The second-order valence-corrected chi connectivity index (χ2v) is 11.8. The van der Waals surface area contributed by atoms with Crippen molar-refractivity contribution in [1.82, 2.24) is 9.36 Å². The van der Waals surface area contributed by atoms with Gasteiger partial charge in [0, 0.05) is 23.7 Å². The predicted octanol–water partition coefficient (Wildman–Crippen LogP) is 6.69. The third-order valence-corrected chi connectivity index (χ3v) is 9.28. The Balaban J connectivity index is 1.32. The minimum Gasteiger partial charge on any atom is -0.496 e. The number of aliphatic hydroxyl groups excluding tert-OH is 1. The Kier molecular flexibility index (Phi) is 8.44. The van der Waals surface area contributed by atoms with Crippen LogP contribution in [0.3, 0.4) is 0 Å². The van der Waals surface area contributed by atoms with E-state index in [1.807, 2.05) is 24.0 Å². The molecule has 5 rings (SSSR count). The lowest BCUT2D eigenvalue weighted by Gasteiger charge is -2.36. The highest BCUT2D eigenvalue weighted by atomic mass is 32.1. The van der Waals surface area contributed by atoms with Gasteiger partial charge in [-0.3, -0.25) is 4.79 Å². The second-order valence-electron chi connectivity index (χ2n) is 11.1. The van der Waals surface area contributed by atoms with Gasteiger partial charge in [0.25, 0.3) is 0 Å². The molecule has 7 heteroatoms. The number of ether oxygens (including phenoxy) is 1. The van der Waals surface area contributed by atoms with Gasteiger partial charge in [0.05, 0.1) is 13.2 Å². The van der Waals surface area contributed by atoms with E-state index in [4.69, 9.17) is 4.74 Å². The van der Waals surface area contributed by atoms with Crippen molar-refractivity contribution in [3.8, 4) is 16.3 Å². The Morgan fingerprint density at radius 1 is 1.03 bits per heavy atom. The van der Waals surface area contributed by atoms with E-state index < -0.39 is 0 Å². The fraction of sp³-hybridized carbons (Fsp3) is 0.516. The molecule has 0 aliphatic heterocycles. The Morgan fingerprint density at radius 3 is 2.45 bits per heavy atom. The predicted molar refractivity (Wildman–Crippen MR) is 153 cm³/mol. The molecule has 1 amide bonds. The monoisotopic (exact) mass is 533 g/mol. The lowest BCUT2D eigenvalue weighted by atomic mass is 9.78. The molecule has 1 aromatic heterocycles. The van der Waals surface area contributed by atoms with E-state index in [0.29, 0.717) is 24.7 Å². The van der Waals surface area contributed by atoms with Gasteiger partial charge in [-0.15, -0.1) is 0 Å². The van der Waals surface area contributed by atoms with Crippen molar-refractivity contribution in [1.29, 1.82) is 0 Å². The minimum atomic E-state index is -0.270. The standard InChI is InChI=1S/C31H39N3O3S/c1-20-17-25(13-16-29(20)37-3)23-9-7-22(8-10-23)19-34(31(36)24-11-14-28(35)15-12-24)27-6-4-5-26(18-27)30-32-21(2)33-38-30/h4-6,13,16-18,22-24,28,35H,7-12,14-15,19H2,1-3H3. The van der Waals surface area contributed by atoms with Crippen LogP contribution < -0.4 is 9.64 Å². The molecular formula is C31H39N3O3S.